The van der Waals surface area contributed by atoms with Gasteiger partial charge in [-0.05, 0) is 32.0 Å². The highest BCUT2D eigenvalue weighted by atomic mass is 16.5. The number of ketones is 1. The Labute approximate surface area is 140 Å². The minimum absolute atomic E-state index is 0.0562. The van der Waals surface area contributed by atoms with E-state index in [1.807, 2.05) is 50.3 Å². The highest BCUT2D eigenvalue weighted by Gasteiger charge is 2.16. The molecule has 0 radical (unpaired) electrons. The van der Waals surface area contributed by atoms with Crippen molar-refractivity contribution in [1.82, 2.24) is 14.5 Å². The summed E-state index contributed by atoms with van der Waals surface area (Å²) >= 11 is 0. The van der Waals surface area contributed by atoms with Crippen molar-refractivity contribution in [2.75, 3.05) is 6.61 Å². The van der Waals surface area contributed by atoms with Crippen LogP contribution in [0.4, 0.5) is 0 Å². The predicted octanol–water partition coefficient (Wildman–Crippen LogP) is 3.50. The van der Waals surface area contributed by atoms with Crippen LogP contribution >= 0.6 is 0 Å². The third-order valence-electron chi connectivity index (χ3n) is 4.03. The van der Waals surface area contributed by atoms with Gasteiger partial charge in [-0.25, -0.2) is 9.97 Å². The van der Waals surface area contributed by atoms with Crippen LogP contribution in [0.3, 0.4) is 0 Å². The fraction of sp³-hybridized carbons (Fsp3) is 0.211. The summed E-state index contributed by atoms with van der Waals surface area (Å²) in [7, 11) is 0. The number of nitrogens with zero attached hydrogens (tertiary/aromatic N) is 3. The topological polar surface area (TPSA) is 57.0 Å². The lowest BCUT2D eigenvalue weighted by atomic mass is 10.1. The van der Waals surface area contributed by atoms with Crippen LogP contribution in [-0.4, -0.2) is 26.9 Å². The summed E-state index contributed by atoms with van der Waals surface area (Å²) in [4.78, 5) is 20.9. The number of Topliss-reactive ketones (excluding diaryl/α,β-unsaturated/α-hetero) is 1. The molecular weight excluding hydrogens is 302 g/mol. The number of carbonyl (C=O) groups excluding carboxylic acids is 1. The van der Waals surface area contributed by atoms with Crippen molar-refractivity contribution < 1.29 is 9.53 Å². The highest BCUT2D eigenvalue weighted by molar-refractivity contribution is 5.98. The number of para-hydroxylation sites is 1. The molecule has 0 aliphatic heterocycles. The molecular formula is C19H19N3O2. The molecule has 0 aliphatic rings. The number of hydrogen-bond donors (Lipinski definition) is 0. The summed E-state index contributed by atoms with van der Waals surface area (Å²) in [5.74, 6) is 0.356. The summed E-state index contributed by atoms with van der Waals surface area (Å²) < 4.78 is 7.73. The molecule has 2 aromatic heterocycles. The number of benzene rings is 1. The molecule has 122 valence electrons. The van der Waals surface area contributed by atoms with Crippen LogP contribution in [0.15, 0.2) is 49.3 Å². The van der Waals surface area contributed by atoms with E-state index < -0.39 is 0 Å². The monoisotopic (exact) mass is 321 g/mol. The first-order valence-electron chi connectivity index (χ1n) is 7.75. The number of allylic oxidation sites excluding steroid dienone is 1. The molecule has 0 N–H and O–H groups in total. The highest BCUT2D eigenvalue weighted by Crippen LogP contribution is 2.21. The molecule has 0 amide bonds. The van der Waals surface area contributed by atoms with Crippen molar-refractivity contribution in [1.29, 1.82) is 0 Å². The maximum atomic E-state index is 12.5. The van der Waals surface area contributed by atoms with E-state index >= 15 is 0 Å². The summed E-state index contributed by atoms with van der Waals surface area (Å²) in [6.45, 7) is 8.29. The van der Waals surface area contributed by atoms with Gasteiger partial charge in [0.2, 0.25) is 11.7 Å². The van der Waals surface area contributed by atoms with E-state index in [4.69, 9.17) is 4.74 Å². The average Bonchev–Trinajstić information content (AvgIpc) is 2.88. The first-order valence-corrected chi connectivity index (χ1v) is 7.75. The number of fused-ring (bicyclic) bond motifs is 1. The Morgan fingerprint density at radius 2 is 2.08 bits per heavy atom. The molecule has 5 heteroatoms. The smallest absolute Gasteiger partial charge is 0.224 e. The van der Waals surface area contributed by atoms with Gasteiger partial charge in [0.25, 0.3) is 0 Å². The third kappa shape index (κ3) is 2.93. The molecule has 0 bridgehead atoms. The summed E-state index contributed by atoms with van der Waals surface area (Å²) in [6.07, 6.45) is 3.26. The van der Waals surface area contributed by atoms with Crippen LogP contribution in [0.25, 0.3) is 10.9 Å². The Kier molecular flexibility index (Phi) is 4.42. The Bertz CT molecular complexity index is 907. The number of rotatable bonds is 6. The van der Waals surface area contributed by atoms with Crippen LogP contribution < -0.4 is 4.74 Å². The lowest BCUT2D eigenvalue weighted by Gasteiger charge is -2.08. The quantitative estimate of drug-likeness (QED) is 0.515. The summed E-state index contributed by atoms with van der Waals surface area (Å²) in [5.41, 5.74) is 3.42. The van der Waals surface area contributed by atoms with Gasteiger partial charge in [-0.1, -0.05) is 18.2 Å². The first kappa shape index (κ1) is 15.9. The zero-order chi connectivity index (χ0) is 17.1. The van der Waals surface area contributed by atoms with Gasteiger partial charge in [-0.2, -0.15) is 0 Å². The third-order valence-corrected chi connectivity index (χ3v) is 4.03. The van der Waals surface area contributed by atoms with E-state index in [1.54, 1.807) is 0 Å². The van der Waals surface area contributed by atoms with Crippen molar-refractivity contribution in [2.45, 2.75) is 20.4 Å². The molecule has 3 aromatic rings. The molecule has 2 heterocycles. The van der Waals surface area contributed by atoms with E-state index in [0.717, 1.165) is 22.3 Å². The maximum absolute atomic E-state index is 12.5. The zero-order valence-corrected chi connectivity index (χ0v) is 13.8. The largest absolute Gasteiger partial charge is 0.469 e. The van der Waals surface area contributed by atoms with E-state index in [9.17, 15) is 4.79 Å². The van der Waals surface area contributed by atoms with Crippen molar-refractivity contribution in [3.05, 3.63) is 66.3 Å². The van der Waals surface area contributed by atoms with E-state index in [0.29, 0.717) is 18.0 Å². The van der Waals surface area contributed by atoms with Crippen LogP contribution in [0.1, 0.15) is 21.7 Å². The summed E-state index contributed by atoms with van der Waals surface area (Å²) in [6, 6.07) is 9.45. The second-order valence-electron chi connectivity index (χ2n) is 5.59. The zero-order valence-electron chi connectivity index (χ0n) is 13.8. The van der Waals surface area contributed by atoms with Gasteiger partial charge >= 0.3 is 0 Å². The molecule has 0 unspecified atom stereocenters. The van der Waals surface area contributed by atoms with E-state index in [1.165, 1.54) is 6.33 Å². The minimum atomic E-state index is -0.0684. The van der Waals surface area contributed by atoms with Gasteiger partial charge in [0.15, 0.2) is 6.61 Å². The van der Waals surface area contributed by atoms with Crippen molar-refractivity contribution in [3.63, 3.8) is 0 Å². The van der Waals surface area contributed by atoms with Gasteiger partial charge < -0.3 is 9.30 Å². The second kappa shape index (κ2) is 6.66. The minimum Gasteiger partial charge on any atom is -0.469 e. The molecule has 0 atom stereocenters. The van der Waals surface area contributed by atoms with Gasteiger partial charge in [-0.3, -0.25) is 4.79 Å². The standard InChI is InChI=1S/C19H19N3O2/c1-4-9-22-13(2)10-16(14(22)3)18(23)11-24-19-15-7-5-6-8-17(15)20-12-21-19/h4-8,10,12H,1,9,11H2,2-3H3. The van der Waals surface area contributed by atoms with Gasteiger partial charge in [0.1, 0.15) is 6.33 Å². The fourth-order valence-corrected chi connectivity index (χ4v) is 2.80. The molecule has 0 fully saturated rings. The first-order chi connectivity index (χ1) is 11.6. The van der Waals surface area contributed by atoms with Crippen LogP contribution in [-0.2, 0) is 6.54 Å². The van der Waals surface area contributed by atoms with Gasteiger partial charge in [-0.15, -0.1) is 6.58 Å². The van der Waals surface area contributed by atoms with Crippen molar-refractivity contribution in [3.8, 4) is 5.88 Å². The Morgan fingerprint density at radius 1 is 1.29 bits per heavy atom. The molecule has 3 rings (SSSR count). The fourth-order valence-electron chi connectivity index (χ4n) is 2.80. The van der Waals surface area contributed by atoms with Crippen molar-refractivity contribution in [2.24, 2.45) is 0 Å². The lowest BCUT2D eigenvalue weighted by molar-refractivity contribution is 0.0918. The number of hydrogen-bond acceptors (Lipinski definition) is 4. The number of aryl methyl sites for hydroxylation is 1. The van der Waals surface area contributed by atoms with Crippen LogP contribution in [0.2, 0.25) is 0 Å². The molecule has 0 saturated carbocycles. The molecule has 24 heavy (non-hydrogen) atoms. The van der Waals surface area contributed by atoms with E-state index in [2.05, 4.69) is 21.1 Å². The van der Waals surface area contributed by atoms with Gasteiger partial charge in [0.05, 0.1) is 10.9 Å². The maximum Gasteiger partial charge on any atom is 0.224 e. The lowest BCUT2D eigenvalue weighted by Crippen LogP contribution is -2.13. The second-order valence-corrected chi connectivity index (χ2v) is 5.59. The number of ether oxygens (including phenoxy) is 1. The molecule has 0 aliphatic carbocycles. The Morgan fingerprint density at radius 3 is 2.88 bits per heavy atom. The Balaban J connectivity index is 1.81. The normalized spacial score (nSPS) is 10.8. The molecule has 5 nitrogen and oxygen atoms in total. The van der Waals surface area contributed by atoms with Crippen LogP contribution in [0, 0.1) is 13.8 Å². The van der Waals surface area contributed by atoms with Crippen LogP contribution in [0.5, 0.6) is 5.88 Å². The van der Waals surface area contributed by atoms with Gasteiger partial charge in [0, 0.05) is 23.5 Å². The van der Waals surface area contributed by atoms with Crippen molar-refractivity contribution >= 4 is 16.7 Å². The average molecular weight is 321 g/mol. The molecule has 1 aromatic carbocycles. The SMILES string of the molecule is C=CCn1c(C)cc(C(=O)COc2ncnc3ccccc23)c1C. The molecule has 0 spiro atoms. The van der Waals surface area contributed by atoms with E-state index in [-0.39, 0.29) is 12.4 Å². The molecule has 0 saturated heterocycles. The Hall–Kier alpha value is -2.95. The summed E-state index contributed by atoms with van der Waals surface area (Å²) in [5, 5.41) is 0.796. The number of carbonyl (C=O) groups is 1. The number of aromatic nitrogens is 3. The predicted molar refractivity (Wildman–Crippen MR) is 93.5 cm³/mol.